The number of aliphatic carboxylic acids is 1. The minimum absolute atomic E-state index is 0.327. The molecule has 0 aliphatic heterocycles. The molecule has 0 unspecified atom stereocenters. The Bertz CT molecular complexity index is 998. The maximum absolute atomic E-state index is 10.7. The second-order valence-electron chi connectivity index (χ2n) is 6.41. The van der Waals surface area contributed by atoms with Crippen LogP contribution >= 0.6 is 34.4 Å². The third kappa shape index (κ3) is 6.37. The highest BCUT2D eigenvalue weighted by Crippen LogP contribution is 2.29. The number of aryl methyl sites for hydroxylation is 1. The monoisotopic (exact) mass is 516 g/mol. The predicted octanol–water partition coefficient (Wildman–Crippen LogP) is 6.29. The summed E-state index contributed by atoms with van der Waals surface area (Å²) in [6.45, 7) is 1.60. The van der Waals surface area contributed by atoms with Gasteiger partial charge in [0.15, 0.2) is 6.61 Å². The van der Waals surface area contributed by atoms with Crippen molar-refractivity contribution in [2.75, 3.05) is 12.4 Å². The molecule has 0 amide bonds. The van der Waals surface area contributed by atoms with Crippen LogP contribution in [0.5, 0.6) is 5.75 Å². The first-order chi connectivity index (χ1) is 14.0. The quantitative estimate of drug-likeness (QED) is 0.283. The smallest absolute Gasteiger partial charge is 0.341 e. The van der Waals surface area contributed by atoms with Gasteiger partial charge in [-0.1, -0.05) is 48.5 Å². The molecule has 5 heteroatoms. The van der Waals surface area contributed by atoms with Crippen LogP contribution in [-0.2, 0) is 4.79 Å². The van der Waals surface area contributed by atoms with Crippen molar-refractivity contribution in [3.8, 4) is 5.75 Å². The van der Waals surface area contributed by atoms with E-state index in [1.807, 2.05) is 31.2 Å². The Labute approximate surface area is 188 Å². The second kappa shape index (κ2) is 10.5. The number of hydrogen-bond acceptors (Lipinski definition) is 3. The Hall–Kier alpha value is -2.25. The van der Waals surface area contributed by atoms with Gasteiger partial charge < -0.3 is 9.84 Å². The Morgan fingerprint density at radius 1 is 1.03 bits per heavy atom. The van der Waals surface area contributed by atoms with Crippen LogP contribution in [-0.4, -0.2) is 23.4 Å². The van der Waals surface area contributed by atoms with Gasteiger partial charge in [0.25, 0.3) is 0 Å². The van der Waals surface area contributed by atoms with Crippen molar-refractivity contribution < 1.29 is 14.6 Å². The molecule has 3 aromatic rings. The van der Waals surface area contributed by atoms with Crippen molar-refractivity contribution in [3.05, 3.63) is 99.1 Å². The molecule has 0 saturated heterocycles. The number of carboxylic acid groups (broad SMARTS) is 1. The average Bonchev–Trinajstić information content (AvgIpc) is 2.72. The van der Waals surface area contributed by atoms with E-state index >= 15 is 0 Å². The summed E-state index contributed by atoms with van der Waals surface area (Å²) in [4.78, 5) is 11.8. The third-order valence-electron chi connectivity index (χ3n) is 4.28. The summed E-state index contributed by atoms with van der Waals surface area (Å²) in [5.41, 5.74) is 4.54. The molecule has 0 spiro atoms. The summed E-state index contributed by atoms with van der Waals surface area (Å²) >= 11 is 4.06. The van der Waals surface area contributed by atoms with Crippen LogP contribution in [0.2, 0.25) is 0 Å². The largest absolute Gasteiger partial charge is 0.482 e. The maximum atomic E-state index is 10.7. The molecule has 29 heavy (non-hydrogen) atoms. The molecule has 0 fully saturated rings. The molecule has 0 aromatic heterocycles. The van der Waals surface area contributed by atoms with Crippen molar-refractivity contribution in [3.63, 3.8) is 0 Å². The van der Waals surface area contributed by atoms with E-state index in [9.17, 15) is 4.79 Å². The molecule has 0 heterocycles. The topological polar surface area (TPSA) is 46.5 Å². The number of thioether (sulfide) groups is 1. The van der Waals surface area contributed by atoms with E-state index in [0.717, 1.165) is 16.2 Å². The van der Waals surface area contributed by atoms with Crippen molar-refractivity contribution >= 4 is 45.9 Å². The number of carboxylic acids is 1. The summed E-state index contributed by atoms with van der Waals surface area (Å²) in [6.07, 6.45) is 2.26. The Morgan fingerprint density at radius 3 is 2.38 bits per heavy atom. The predicted molar refractivity (Wildman–Crippen MR) is 128 cm³/mol. The first-order valence-corrected chi connectivity index (χ1v) is 11.2. The van der Waals surface area contributed by atoms with Crippen molar-refractivity contribution in [2.24, 2.45) is 0 Å². The summed E-state index contributed by atoms with van der Waals surface area (Å²) in [6, 6.07) is 24.8. The highest BCUT2D eigenvalue weighted by molar-refractivity contribution is 14.1. The van der Waals surface area contributed by atoms with Crippen LogP contribution < -0.4 is 4.74 Å². The highest BCUT2D eigenvalue weighted by atomic mass is 127. The van der Waals surface area contributed by atoms with E-state index in [4.69, 9.17) is 9.84 Å². The van der Waals surface area contributed by atoms with E-state index < -0.39 is 5.97 Å². The molecule has 0 atom stereocenters. The lowest BCUT2D eigenvalue weighted by Crippen LogP contribution is -2.09. The number of hydrogen-bond donors (Lipinski definition) is 1. The van der Waals surface area contributed by atoms with Gasteiger partial charge in [-0.15, -0.1) is 11.8 Å². The summed E-state index contributed by atoms with van der Waals surface area (Å²) < 4.78 is 6.52. The molecule has 148 valence electrons. The van der Waals surface area contributed by atoms with Gasteiger partial charge in [-0.3, -0.25) is 0 Å². The van der Waals surface area contributed by atoms with E-state index in [2.05, 4.69) is 77.2 Å². The normalized spacial score (nSPS) is 11.3. The van der Waals surface area contributed by atoms with E-state index in [-0.39, 0.29) is 6.61 Å². The third-order valence-corrected chi connectivity index (χ3v) is 5.91. The molecule has 0 bridgehead atoms. The number of rotatable bonds is 8. The standard InChI is InChI=1S/C24H21IO3S/c1-17-15-21(11-12-23(17)28-16-24(26)27)29-14-13-22(18-5-3-2-4-6-18)19-7-9-20(25)10-8-19/h2-13,15H,14,16H2,1H3,(H,26,27)/b22-13-. The maximum Gasteiger partial charge on any atom is 0.341 e. The van der Waals surface area contributed by atoms with E-state index in [1.165, 1.54) is 20.3 Å². The van der Waals surface area contributed by atoms with Crippen molar-refractivity contribution in [1.82, 2.24) is 0 Å². The van der Waals surface area contributed by atoms with E-state index in [0.29, 0.717) is 5.75 Å². The number of ether oxygens (including phenoxy) is 1. The second-order valence-corrected chi connectivity index (χ2v) is 8.75. The van der Waals surface area contributed by atoms with Gasteiger partial charge in [0.05, 0.1) is 0 Å². The lowest BCUT2D eigenvalue weighted by Gasteiger charge is -2.10. The van der Waals surface area contributed by atoms with Crippen LogP contribution in [0.3, 0.4) is 0 Å². The van der Waals surface area contributed by atoms with Gasteiger partial charge >= 0.3 is 5.97 Å². The zero-order valence-electron chi connectivity index (χ0n) is 16.0. The fourth-order valence-corrected chi connectivity index (χ4v) is 4.11. The first-order valence-electron chi connectivity index (χ1n) is 9.12. The molecule has 3 aromatic carbocycles. The molecule has 0 aliphatic carbocycles. The number of benzene rings is 3. The molecule has 3 nitrogen and oxygen atoms in total. The minimum atomic E-state index is -0.975. The number of halogens is 1. The zero-order chi connectivity index (χ0) is 20.6. The Morgan fingerprint density at radius 2 is 1.72 bits per heavy atom. The van der Waals surface area contributed by atoms with Crippen LogP contribution in [0.4, 0.5) is 0 Å². The summed E-state index contributed by atoms with van der Waals surface area (Å²) in [5, 5.41) is 8.76. The molecular formula is C24H21IO3S. The minimum Gasteiger partial charge on any atom is -0.482 e. The van der Waals surface area contributed by atoms with Crippen LogP contribution in [0, 0.1) is 10.5 Å². The van der Waals surface area contributed by atoms with Crippen molar-refractivity contribution in [1.29, 1.82) is 0 Å². The van der Waals surface area contributed by atoms with Gasteiger partial charge in [0.1, 0.15) is 5.75 Å². The fourth-order valence-electron chi connectivity index (χ4n) is 2.88. The SMILES string of the molecule is Cc1cc(SC/C=C(/c2ccccc2)c2ccc(I)cc2)ccc1OCC(=O)O. The highest BCUT2D eigenvalue weighted by Gasteiger charge is 2.07. The lowest BCUT2D eigenvalue weighted by molar-refractivity contribution is -0.139. The molecule has 1 N–H and O–H groups in total. The van der Waals surface area contributed by atoms with E-state index in [1.54, 1.807) is 11.8 Å². The molecule has 3 rings (SSSR count). The average molecular weight is 516 g/mol. The van der Waals surface area contributed by atoms with Crippen LogP contribution in [0.1, 0.15) is 16.7 Å². The fraction of sp³-hybridized carbons (Fsp3) is 0.125. The number of carbonyl (C=O) groups is 1. The zero-order valence-corrected chi connectivity index (χ0v) is 18.9. The van der Waals surface area contributed by atoms with Gasteiger partial charge in [0, 0.05) is 14.2 Å². The molecule has 0 radical (unpaired) electrons. The summed E-state index contributed by atoms with van der Waals surface area (Å²) in [5.74, 6) is 0.457. The van der Waals surface area contributed by atoms with Gasteiger partial charge in [-0.05, 0) is 82.1 Å². The summed E-state index contributed by atoms with van der Waals surface area (Å²) in [7, 11) is 0. The van der Waals surface area contributed by atoms with Gasteiger partial charge in [-0.25, -0.2) is 4.79 Å². The Balaban J connectivity index is 1.75. The van der Waals surface area contributed by atoms with Gasteiger partial charge in [-0.2, -0.15) is 0 Å². The first kappa shape index (κ1) is 21.5. The van der Waals surface area contributed by atoms with Crippen LogP contribution in [0.25, 0.3) is 5.57 Å². The molecular weight excluding hydrogens is 495 g/mol. The molecule has 0 saturated carbocycles. The van der Waals surface area contributed by atoms with Crippen LogP contribution in [0.15, 0.2) is 83.8 Å². The van der Waals surface area contributed by atoms with Gasteiger partial charge in [0.2, 0.25) is 0 Å². The van der Waals surface area contributed by atoms with Crippen molar-refractivity contribution in [2.45, 2.75) is 11.8 Å². The molecule has 0 aliphatic rings. The lowest BCUT2D eigenvalue weighted by atomic mass is 9.98. The Kier molecular flexibility index (Phi) is 7.77.